The SMILES string of the molecule is C.C.C.C.C.C.C.CCC[Si](C)(CCCCC(=O)O)OC.CCC[Si](C)(CCCN)OC.CCC[Si](CCCC(C)C(=O)O)(OC)O[Si](C)(C)C.O=C=O. The van der Waals surface area contributed by atoms with Gasteiger partial charge in [0.05, 0.1) is 5.92 Å². The fourth-order valence-electron chi connectivity index (χ4n) is 5.18. The Morgan fingerprint density at radius 2 is 1.02 bits per heavy atom. The quantitative estimate of drug-likeness (QED) is 0.0623. The molecule has 54 heavy (non-hydrogen) atoms. The summed E-state index contributed by atoms with van der Waals surface area (Å²) in [6.07, 6.45) is 8.46. The first kappa shape index (κ1) is 81.2. The lowest BCUT2D eigenvalue weighted by molar-refractivity contribution is -0.191. The molecule has 0 aromatic heterocycles. The molecule has 0 radical (unpaired) electrons. The van der Waals surface area contributed by atoms with E-state index < -0.39 is 45.5 Å². The topological polar surface area (TPSA) is 172 Å². The van der Waals surface area contributed by atoms with Crippen molar-refractivity contribution in [1.29, 1.82) is 0 Å². The molecule has 11 nitrogen and oxygen atoms in total. The van der Waals surface area contributed by atoms with E-state index in [-0.39, 0.29) is 64.1 Å². The fraction of sp³-hybridized carbons (Fsp3) is 0.923. The first-order valence-electron chi connectivity index (χ1n) is 17.3. The van der Waals surface area contributed by atoms with Crippen LogP contribution >= 0.6 is 0 Å². The Balaban J connectivity index is -0.0000000531. The molecule has 0 spiro atoms. The summed E-state index contributed by atoms with van der Waals surface area (Å²) in [5, 5.41) is 17.4. The van der Waals surface area contributed by atoms with Crippen molar-refractivity contribution in [3.05, 3.63) is 0 Å². The largest absolute Gasteiger partial charge is 0.481 e. The number of hydrogen-bond acceptors (Lipinski definition) is 9. The van der Waals surface area contributed by atoms with Gasteiger partial charge in [0.2, 0.25) is 0 Å². The predicted molar refractivity (Wildman–Crippen MR) is 247 cm³/mol. The summed E-state index contributed by atoms with van der Waals surface area (Å²) in [5.74, 6) is -1.69. The van der Waals surface area contributed by atoms with Crippen LogP contribution in [0.4, 0.5) is 0 Å². The van der Waals surface area contributed by atoms with Crippen LogP contribution in [0.2, 0.25) is 69.0 Å². The van der Waals surface area contributed by atoms with Gasteiger partial charge in [-0.25, -0.2) is 0 Å². The highest BCUT2D eigenvalue weighted by atomic mass is 28.4. The molecule has 0 aliphatic carbocycles. The molecule has 0 amide bonds. The van der Waals surface area contributed by atoms with Gasteiger partial charge in [-0.2, -0.15) is 9.59 Å². The van der Waals surface area contributed by atoms with E-state index in [0.717, 1.165) is 63.2 Å². The molecule has 4 unspecified atom stereocenters. The summed E-state index contributed by atoms with van der Waals surface area (Å²) in [6.45, 7) is 20.2. The van der Waals surface area contributed by atoms with E-state index in [1.165, 1.54) is 24.6 Å². The molecule has 0 aromatic carbocycles. The Morgan fingerprint density at radius 1 is 0.630 bits per heavy atom. The van der Waals surface area contributed by atoms with Crippen LogP contribution in [0, 0.1) is 5.92 Å². The molecule has 0 rings (SSSR count). The van der Waals surface area contributed by atoms with Gasteiger partial charge in [0.1, 0.15) is 0 Å². The molecule has 0 heterocycles. The Hall–Kier alpha value is -1.01. The average Bonchev–Trinajstić information content (AvgIpc) is 2.98. The van der Waals surface area contributed by atoms with E-state index >= 15 is 0 Å². The lowest BCUT2D eigenvalue weighted by atomic mass is 10.1. The highest BCUT2D eigenvalue weighted by Gasteiger charge is 2.39. The zero-order valence-electron chi connectivity index (χ0n) is 32.1. The van der Waals surface area contributed by atoms with Gasteiger partial charge in [-0.3, -0.25) is 9.59 Å². The van der Waals surface area contributed by atoms with Crippen molar-refractivity contribution in [3.8, 4) is 0 Å². The van der Waals surface area contributed by atoms with Crippen molar-refractivity contribution >= 4 is 51.6 Å². The molecule has 0 fully saturated rings. The van der Waals surface area contributed by atoms with E-state index in [4.69, 9.17) is 42.9 Å². The minimum Gasteiger partial charge on any atom is -0.481 e. The standard InChI is InChI=1S/C13H30O4Si2.C10H22O3Si.C8H21NOSi.CO2.7CH4/c1-7-10-19(16-3,17-18(4,5)6)11-8-9-12(2)13(14)15;1-4-8-14(3,13-2)9-6-5-7-10(11)12;1-4-7-11(3,10-2)8-5-6-9;2-1-3;;;;;;;/h12H,7-11H2,1-6H3,(H,14,15);4-9H2,1-3H3,(H,11,12);4-9H2,1-3H3;;7*1H4. The maximum Gasteiger partial charge on any atom is 0.373 e. The number of carbonyl (C=O) groups is 2. The van der Waals surface area contributed by atoms with Gasteiger partial charge in [-0.05, 0) is 94.8 Å². The molecule has 0 saturated heterocycles. The first-order chi connectivity index (χ1) is 21.8. The summed E-state index contributed by atoms with van der Waals surface area (Å²) >= 11 is 0. The average molecular weight is 857 g/mol. The van der Waals surface area contributed by atoms with E-state index in [0.29, 0.717) is 12.8 Å². The number of carboxylic acids is 2. The normalized spacial score (nSPS) is 13.4. The first-order valence-corrected chi connectivity index (χ1v) is 28.6. The number of hydrogen-bond donors (Lipinski definition) is 3. The van der Waals surface area contributed by atoms with Crippen molar-refractivity contribution in [2.75, 3.05) is 27.9 Å². The van der Waals surface area contributed by atoms with Crippen molar-refractivity contribution in [3.63, 3.8) is 0 Å². The van der Waals surface area contributed by atoms with E-state index in [2.05, 4.69) is 53.5 Å². The van der Waals surface area contributed by atoms with Crippen molar-refractivity contribution in [1.82, 2.24) is 0 Å². The molecule has 0 aliphatic heterocycles. The molecule has 4 atom stereocenters. The third-order valence-corrected chi connectivity index (χ3v) is 22.9. The summed E-state index contributed by atoms with van der Waals surface area (Å²) in [4.78, 5) is 37.4. The number of rotatable bonds is 24. The molecule has 15 heteroatoms. The summed E-state index contributed by atoms with van der Waals surface area (Å²) in [7, 11) is -1.19. The van der Waals surface area contributed by atoms with E-state index in [1.807, 2.05) is 7.11 Å². The second-order valence-electron chi connectivity index (χ2n) is 13.6. The Bertz CT molecular complexity index is 819. The minimum absolute atomic E-state index is 0. The molecule has 338 valence electrons. The molecular weight excluding hydrogens is 755 g/mol. The van der Waals surface area contributed by atoms with Crippen LogP contribution in [-0.2, 0) is 36.6 Å². The Morgan fingerprint density at radius 3 is 1.30 bits per heavy atom. The Labute approximate surface area is 343 Å². The van der Waals surface area contributed by atoms with Crippen LogP contribution in [-0.4, -0.2) is 89.7 Å². The summed E-state index contributed by atoms with van der Waals surface area (Å²) < 4.78 is 23.3. The number of aliphatic carboxylic acids is 2. The highest BCUT2D eigenvalue weighted by molar-refractivity contribution is 6.82. The smallest absolute Gasteiger partial charge is 0.373 e. The fourth-order valence-corrected chi connectivity index (χ4v) is 18.3. The molecule has 4 N–H and O–H groups in total. The van der Waals surface area contributed by atoms with Crippen LogP contribution < -0.4 is 5.73 Å². The number of unbranched alkanes of at least 4 members (excludes halogenated alkanes) is 1. The number of carboxylic acid groups (broad SMARTS) is 2. The monoisotopic (exact) mass is 856 g/mol. The molecule has 0 saturated carbocycles. The molecule has 0 aliphatic rings. The third-order valence-electron chi connectivity index (χ3n) is 7.91. The zero-order chi connectivity index (χ0) is 37.6. The van der Waals surface area contributed by atoms with Crippen molar-refractivity contribution in [2.24, 2.45) is 11.7 Å². The second kappa shape index (κ2) is 48.1. The number of nitrogens with two attached hydrogens (primary N) is 1. The predicted octanol–water partition coefficient (Wildman–Crippen LogP) is 12.5. The summed E-state index contributed by atoms with van der Waals surface area (Å²) in [5.41, 5.74) is 5.45. The van der Waals surface area contributed by atoms with Gasteiger partial charge >= 0.3 is 26.7 Å². The molecular formula is C39H101NO10Si4. The van der Waals surface area contributed by atoms with Gasteiger partial charge in [0.15, 0.2) is 25.0 Å². The highest BCUT2D eigenvalue weighted by Crippen LogP contribution is 2.28. The maximum absolute atomic E-state index is 10.8. The Kier molecular flexibility index (Phi) is 72.4. The lowest BCUT2D eigenvalue weighted by Gasteiger charge is -2.35. The van der Waals surface area contributed by atoms with Crippen LogP contribution in [0.3, 0.4) is 0 Å². The minimum atomic E-state index is -2.14. The number of carbonyl (C=O) groups excluding carboxylic acids is 2. The lowest BCUT2D eigenvalue weighted by Crippen LogP contribution is -2.48. The van der Waals surface area contributed by atoms with Crippen LogP contribution in [0.5, 0.6) is 0 Å². The van der Waals surface area contributed by atoms with Crippen LogP contribution in [0.25, 0.3) is 0 Å². The van der Waals surface area contributed by atoms with Gasteiger partial charge in [0, 0.05) is 27.8 Å². The van der Waals surface area contributed by atoms with Gasteiger partial charge in [-0.1, -0.05) is 112 Å². The zero-order valence-corrected chi connectivity index (χ0v) is 36.1. The van der Waals surface area contributed by atoms with Gasteiger partial charge in [-0.15, -0.1) is 0 Å². The summed E-state index contributed by atoms with van der Waals surface area (Å²) in [6, 6.07) is 6.65. The van der Waals surface area contributed by atoms with Crippen LogP contribution in [0.1, 0.15) is 137 Å². The molecule has 0 aromatic rings. The third kappa shape index (κ3) is 51.0. The second-order valence-corrected chi connectivity index (χ2v) is 30.5. The van der Waals surface area contributed by atoms with E-state index in [9.17, 15) is 9.59 Å². The van der Waals surface area contributed by atoms with Gasteiger partial charge in [0.25, 0.3) is 0 Å². The molecule has 0 bridgehead atoms. The van der Waals surface area contributed by atoms with Gasteiger partial charge < -0.3 is 33.3 Å². The maximum atomic E-state index is 10.8. The van der Waals surface area contributed by atoms with Crippen LogP contribution in [0.15, 0.2) is 0 Å². The van der Waals surface area contributed by atoms with Crippen molar-refractivity contribution in [2.45, 2.75) is 206 Å². The van der Waals surface area contributed by atoms with Crippen molar-refractivity contribution < 1.29 is 46.8 Å². The van der Waals surface area contributed by atoms with E-state index in [1.54, 1.807) is 21.1 Å².